The molecule has 3 heterocycles. The summed E-state index contributed by atoms with van der Waals surface area (Å²) in [4.78, 5) is 9.60. The topological polar surface area (TPSA) is 22.2 Å². The van der Waals surface area contributed by atoms with Crippen LogP contribution in [-0.2, 0) is 0 Å². The Morgan fingerprint density at radius 2 is 0.843 bits per heavy atom. The Kier molecular flexibility index (Phi) is 9.24. The molecule has 0 unspecified atom stereocenters. The summed E-state index contributed by atoms with van der Waals surface area (Å²) < 4.78 is 7.47. The van der Waals surface area contributed by atoms with Gasteiger partial charge in [0.05, 0.1) is 22.7 Å². The predicted octanol–water partition coefficient (Wildman–Crippen LogP) is 15.6. The summed E-state index contributed by atoms with van der Waals surface area (Å²) >= 11 is 0. The van der Waals surface area contributed by atoms with Gasteiger partial charge in [-0.1, -0.05) is 146 Å². The Hall–Kier alpha value is -9.26. The van der Waals surface area contributed by atoms with Crippen molar-refractivity contribution in [3.05, 3.63) is 261 Å². The highest BCUT2D eigenvalue weighted by Crippen LogP contribution is 2.55. The lowest BCUT2D eigenvalue weighted by molar-refractivity contribution is 0.488. The Labute approximate surface area is 408 Å². The molecule has 0 bridgehead atoms. The first-order valence-corrected chi connectivity index (χ1v) is 24.0. The summed E-state index contributed by atoms with van der Waals surface area (Å²) in [5, 5.41) is 2.36. The van der Waals surface area contributed by atoms with E-state index in [2.05, 4.69) is 280 Å². The maximum absolute atomic E-state index is 7.47. The zero-order valence-corrected chi connectivity index (χ0v) is 38.1. The van der Waals surface area contributed by atoms with Crippen LogP contribution in [0.2, 0.25) is 0 Å². The summed E-state index contributed by atoms with van der Waals surface area (Å²) in [6, 6.07) is 93.9. The van der Waals surface area contributed by atoms with Crippen LogP contribution in [0.5, 0.6) is 11.5 Å². The van der Waals surface area contributed by atoms with Gasteiger partial charge in [0.2, 0.25) is 0 Å². The summed E-state index contributed by atoms with van der Waals surface area (Å²) in [7, 11) is 0. The van der Waals surface area contributed by atoms with Crippen LogP contribution in [0.3, 0.4) is 0 Å². The molecule has 0 amide bonds. The second-order valence-electron chi connectivity index (χ2n) is 18.1. The SMILES string of the molecule is c1ccc(N(c2ccccc2)c2cc3c4c(c2)N(c2ccccc2)c2ccccc2B4c2cc4c(cc2O3)-c2ccc(N(c3ccccc3)c3ccccc3)c3cccc(c23)N4c2ccccc2)cc1. The molecule has 0 saturated carbocycles. The van der Waals surface area contributed by atoms with Crippen LogP contribution >= 0.6 is 0 Å². The molecule has 5 nitrogen and oxygen atoms in total. The molecule has 11 aromatic rings. The lowest BCUT2D eigenvalue weighted by Gasteiger charge is -2.42. The molecule has 0 aliphatic carbocycles. The smallest absolute Gasteiger partial charge is 0.256 e. The average Bonchev–Trinajstić information content (AvgIpc) is 3.43. The lowest BCUT2D eigenvalue weighted by atomic mass is 9.34. The first kappa shape index (κ1) is 39.9. The third kappa shape index (κ3) is 6.27. The number of ether oxygens (including phenoxy) is 1. The van der Waals surface area contributed by atoms with Crippen molar-refractivity contribution in [2.75, 3.05) is 19.6 Å². The zero-order chi connectivity index (χ0) is 46.1. The molecule has 0 spiro atoms. The molecule has 0 fully saturated rings. The van der Waals surface area contributed by atoms with Crippen LogP contribution in [0.15, 0.2) is 261 Å². The van der Waals surface area contributed by atoms with Crippen LogP contribution in [0.25, 0.3) is 21.9 Å². The molecular weight excluding hydrogens is 852 g/mol. The number of nitrogens with zero attached hydrogens (tertiary/aromatic N) is 4. The molecule has 14 rings (SSSR count). The Bertz CT molecular complexity index is 3680. The number of rotatable bonds is 8. The van der Waals surface area contributed by atoms with Crippen LogP contribution in [0, 0.1) is 0 Å². The van der Waals surface area contributed by atoms with Gasteiger partial charge in [-0.15, -0.1) is 0 Å². The average molecular weight is 895 g/mol. The van der Waals surface area contributed by atoms with Crippen molar-refractivity contribution < 1.29 is 4.74 Å². The van der Waals surface area contributed by atoms with E-state index in [0.717, 1.165) is 102 Å². The van der Waals surface area contributed by atoms with Gasteiger partial charge in [0.15, 0.2) is 0 Å². The monoisotopic (exact) mass is 894 g/mol. The van der Waals surface area contributed by atoms with Crippen molar-refractivity contribution >= 4 is 102 Å². The van der Waals surface area contributed by atoms with Crippen LogP contribution in [-0.4, -0.2) is 6.71 Å². The number of hydrogen-bond acceptors (Lipinski definition) is 5. The van der Waals surface area contributed by atoms with Crippen LogP contribution < -0.4 is 40.7 Å². The molecule has 3 aliphatic rings. The summed E-state index contributed by atoms with van der Waals surface area (Å²) in [6.45, 7) is -0.117. The third-order valence-corrected chi connectivity index (χ3v) is 14.1. The number of hydrogen-bond donors (Lipinski definition) is 0. The van der Waals surface area contributed by atoms with E-state index < -0.39 is 0 Å². The van der Waals surface area contributed by atoms with E-state index in [1.54, 1.807) is 0 Å². The quantitative estimate of drug-likeness (QED) is 0.141. The van der Waals surface area contributed by atoms with Crippen molar-refractivity contribution in [2.24, 2.45) is 0 Å². The molecule has 328 valence electrons. The second kappa shape index (κ2) is 16.2. The van der Waals surface area contributed by atoms with E-state index in [-0.39, 0.29) is 6.71 Å². The van der Waals surface area contributed by atoms with Gasteiger partial charge in [-0.2, -0.15) is 0 Å². The minimum Gasteiger partial charge on any atom is -0.458 e. The molecule has 70 heavy (non-hydrogen) atoms. The van der Waals surface area contributed by atoms with Gasteiger partial charge in [0.25, 0.3) is 6.71 Å². The summed E-state index contributed by atoms with van der Waals surface area (Å²) in [6.07, 6.45) is 0. The maximum atomic E-state index is 7.47. The van der Waals surface area contributed by atoms with E-state index in [0.29, 0.717) is 0 Å². The molecule has 0 radical (unpaired) electrons. The normalized spacial score (nSPS) is 12.6. The minimum atomic E-state index is -0.117. The van der Waals surface area contributed by atoms with E-state index in [1.165, 1.54) is 16.4 Å². The van der Waals surface area contributed by atoms with Crippen LogP contribution in [0.4, 0.5) is 68.2 Å². The van der Waals surface area contributed by atoms with E-state index in [1.807, 2.05) is 0 Å². The van der Waals surface area contributed by atoms with Gasteiger partial charge in [0, 0.05) is 67.9 Å². The van der Waals surface area contributed by atoms with Crippen molar-refractivity contribution in [3.63, 3.8) is 0 Å². The molecule has 0 atom stereocenters. The van der Waals surface area contributed by atoms with Gasteiger partial charge < -0.3 is 24.3 Å². The van der Waals surface area contributed by atoms with Crippen molar-refractivity contribution in [3.8, 4) is 22.6 Å². The van der Waals surface area contributed by atoms with E-state index >= 15 is 0 Å². The molecule has 0 saturated heterocycles. The standard InChI is InChI=1S/C64H43BN4O/c1-7-22-44(23-8-1)66(45-24-9-2-10-25-45)50-40-60-64-62(41-50)70-61-42-53-51-38-39-56(67(46-26-11-3-12-27-46)47-28-13-4-14-29-47)52-34-21-37-58(63(51)52)69(49-32-17-6-18-33-49)59(53)43-55(61)65(64)54-35-19-20-36-57(54)68(60)48-30-15-5-16-31-48/h1-43H. The number of para-hydroxylation sites is 7. The van der Waals surface area contributed by atoms with Crippen molar-refractivity contribution in [1.82, 2.24) is 0 Å². The lowest BCUT2D eigenvalue weighted by Crippen LogP contribution is -2.59. The first-order valence-electron chi connectivity index (χ1n) is 24.0. The fourth-order valence-corrected chi connectivity index (χ4v) is 11.2. The molecule has 6 heteroatoms. The van der Waals surface area contributed by atoms with Crippen LogP contribution in [0.1, 0.15) is 0 Å². The van der Waals surface area contributed by atoms with Gasteiger partial charge in [0.1, 0.15) is 11.5 Å². The zero-order valence-electron chi connectivity index (χ0n) is 38.1. The Balaban J connectivity index is 1.03. The molecular formula is C64H43BN4O. The first-order chi connectivity index (χ1) is 34.8. The number of benzene rings is 11. The highest BCUT2D eigenvalue weighted by atomic mass is 16.5. The van der Waals surface area contributed by atoms with Crippen molar-refractivity contribution in [1.29, 1.82) is 0 Å². The predicted molar refractivity (Wildman–Crippen MR) is 293 cm³/mol. The Morgan fingerprint density at radius 3 is 1.44 bits per heavy atom. The van der Waals surface area contributed by atoms with Gasteiger partial charge in [-0.05, 0) is 131 Å². The van der Waals surface area contributed by atoms with E-state index in [4.69, 9.17) is 4.74 Å². The number of fused-ring (bicyclic) bond motifs is 6. The Morgan fingerprint density at radius 1 is 0.329 bits per heavy atom. The number of anilines is 12. The van der Waals surface area contributed by atoms with Crippen molar-refractivity contribution in [2.45, 2.75) is 0 Å². The maximum Gasteiger partial charge on any atom is 0.256 e. The van der Waals surface area contributed by atoms with Gasteiger partial charge in [-0.3, -0.25) is 0 Å². The molecule has 0 aromatic heterocycles. The fraction of sp³-hybridized carbons (Fsp3) is 0. The highest BCUT2D eigenvalue weighted by Gasteiger charge is 2.44. The van der Waals surface area contributed by atoms with Gasteiger partial charge >= 0.3 is 0 Å². The molecule has 0 N–H and O–H groups in total. The minimum absolute atomic E-state index is 0.117. The third-order valence-electron chi connectivity index (χ3n) is 14.1. The summed E-state index contributed by atoms with van der Waals surface area (Å²) in [5.41, 5.74) is 18.9. The molecule has 11 aromatic carbocycles. The fourth-order valence-electron chi connectivity index (χ4n) is 11.2. The summed E-state index contributed by atoms with van der Waals surface area (Å²) in [5.74, 6) is 1.70. The van der Waals surface area contributed by atoms with Gasteiger partial charge in [-0.25, -0.2) is 0 Å². The van der Waals surface area contributed by atoms with E-state index in [9.17, 15) is 0 Å². The molecule has 3 aliphatic heterocycles. The second-order valence-corrected chi connectivity index (χ2v) is 18.1. The highest BCUT2D eigenvalue weighted by molar-refractivity contribution is 6.99. The largest absolute Gasteiger partial charge is 0.458 e.